The molecule has 0 spiro atoms. The van der Waals surface area contributed by atoms with Crippen molar-refractivity contribution in [2.75, 3.05) is 24.4 Å². The average molecular weight is 354 g/mol. The van der Waals surface area contributed by atoms with Crippen molar-refractivity contribution in [1.82, 2.24) is 9.97 Å². The van der Waals surface area contributed by atoms with Crippen molar-refractivity contribution in [2.45, 2.75) is 6.92 Å². The number of H-pyrrole nitrogens is 1. The lowest BCUT2D eigenvalue weighted by Crippen LogP contribution is -2.26. The summed E-state index contributed by atoms with van der Waals surface area (Å²) in [5, 5.41) is 2.70. The maximum atomic E-state index is 11.6. The third kappa shape index (κ3) is 3.75. The topological polar surface area (TPSA) is 96.5 Å². The van der Waals surface area contributed by atoms with Gasteiger partial charge >= 0.3 is 6.09 Å². The smallest absolute Gasteiger partial charge is 0.416 e. The summed E-state index contributed by atoms with van der Waals surface area (Å²) in [6.07, 6.45) is -0.514. The predicted octanol–water partition coefficient (Wildman–Crippen LogP) is 3.52. The molecule has 0 unspecified atom stereocenters. The Bertz CT molecular complexity index is 949. The average Bonchev–Trinajstić information content (AvgIpc) is 3.05. The number of ether oxygens (including phenoxy) is 2. The Kier molecular flexibility index (Phi) is 4.74. The van der Waals surface area contributed by atoms with Gasteiger partial charge in [0.05, 0.1) is 18.1 Å². The molecule has 1 heterocycles. The Balaban J connectivity index is 1.78. The van der Waals surface area contributed by atoms with Crippen LogP contribution in [0.1, 0.15) is 6.92 Å². The summed E-state index contributed by atoms with van der Waals surface area (Å²) in [7, 11) is 2.88. The maximum absolute atomic E-state index is 11.6. The van der Waals surface area contributed by atoms with Gasteiger partial charge in [-0.15, -0.1) is 0 Å². The number of hydrogen-bond donors (Lipinski definition) is 2. The minimum Gasteiger partial charge on any atom is -0.457 e. The van der Waals surface area contributed by atoms with Gasteiger partial charge in [0.2, 0.25) is 11.9 Å². The van der Waals surface area contributed by atoms with Crippen LogP contribution in [0.3, 0.4) is 0 Å². The van der Waals surface area contributed by atoms with E-state index >= 15 is 0 Å². The number of benzene rings is 2. The van der Waals surface area contributed by atoms with Crippen LogP contribution in [-0.2, 0) is 9.53 Å². The Morgan fingerprint density at radius 3 is 2.46 bits per heavy atom. The Morgan fingerprint density at radius 1 is 1.12 bits per heavy atom. The van der Waals surface area contributed by atoms with E-state index in [1.165, 1.54) is 18.9 Å². The number of aromatic amines is 1. The number of methoxy groups -OCH3 is 1. The van der Waals surface area contributed by atoms with Crippen molar-refractivity contribution in [2.24, 2.45) is 0 Å². The molecule has 0 aliphatic rings. The standard InChI is InChI=1S/C18H18N4O4/c1-11(23)19-12-4-6-13(7-5-12)26-14-8-9-15-16(10-14)21-17(20-15)22(2)18(24)25-3/h4-10H,1-3H3,(H,19,23)(H,20,21). The lowest BCUT2D eigenvalue weighted by atomic mass is 10.3. The number of fused-ring (bicyclic) bond motifs is 1. The third-order valence-corrected chi connectivity index (χ3v) is 3.62. The number of rotatable bonds is 4. The molecule has 0 fully saturated rings. The van der Waals surface area contributed by atoms with E-state index in [0.717, 1.165) is 5.52 Å². The van der Waals surface area contributed by atoms with E-state index in [-0.39, 0.29) is 5.91 Å². The van der Waals surface area contributed by atoms with Crippen molar-refractivity contribution in [3.8, 4) is 11.5 Å². The molecule has 0 radical (unpaired) electrons. The number of aromatic nitrogens is 2. The fourth-order valence-corrected chi connectivity index (χ4v) is 2.37. The van der Waals surface area contributed by atoms with Crippen molar-refractivity contribution >= 4 is 34.7 Å². The minimum absolute atomic E-state index is 0.129. The van der Waals surface area contributed by atoms with Gasteiger partial charge in [0.15, 0.2) is 0 Å². The summed E-state index contributed by atoms with van der Waals surface area (Å²) < 4.78 is 10.5. The molecule has 0 aliphatic heterocycles. The number of amides is 2. The molecule has 8 nitrogen and oxygen atoms in total. The van der Waals surface area contributed by atoms with Crippen molar-refractivity contribution in [3.63, 3.8) is 0 Å². The van der Waals surface area contributed by atoms with Gasteiger partial charge < -0.3 is 19.8 Å². The SMILES string of the molecule is COC(=O)N(C)c1nc2ccc(Oc3ccc(NC(C)=O)cc3)cc2[nH]1. The molecular formula is C18H18N4O4. The molecule has 2 aromatic carbocycles. The van der Waals surface area contributed by atoms with Crippen LogP contribution in [0, 0.1) is 0 Å². The van der Waals surface area contributed by atoms with Crippen LogP contribution in [-0.4, -0.2) is 36.1 Å². The zero-order valence-corrected chi connectivity index (χ0v) is 14.6. The summed E-state index contributed by atoms with van der Waals surface area (Å²) in [5.74, 6) is 1.49. The molecule has 26 heavy (non-hydrogen) atoms. The predicted molar refractivity (Wildman–Crippen MR) is 97.7 cm³/mol. The Morgan fingerprint density at radius 2 is 1.81 bits per heavy atom. The number of hydrogen-bond acceptors (Lipinski definition) is 5. The molecule has 3 rings (SSSR count). The van der Waals surface area contributed by atoms with Crippen molar-refractivity contribution < 1.29 is 19.1 Å². The Labute approximate surface area is 149 Å². The van der Waals surface area contributed by atoms with Gasteiger partial charge in [-0.2, -0.15) is 0 Å². The van der Waals surface area contributed by atoms with Crippen LogP contribution in [0.5, 0.6) is 11.5 Å². The van der Waals surface area contributed by atoms with Crippen molar-refractivity contribution in [1.29, 1.82) is 0 Å². The van der Waals surface area contributed by atoms with E-state index in [4.69, 9.17) is 4.74 Å². The van der Waals surface area contributed by atoms with Gasteiger partial charge in [0.1, 0.15) is 11.5 Å². The highest BCUT2D eigenvalue weighted by molar-refractivity contribution is 5.89. The normalized spacial score (nSPS) is 10.4. The molecule has 3 aromatic rings. The highest BCUT2D eigenvalue weighted by Crippen LogP contribution is 2.27. The van der Waals surface area contributed by atoms with Crippen molar-refractivity contribution in [3.05, 3.63) is 42.5 Å². The molecule has 2 N–H and O–H groups in total. The van der Waals surface area contributed by atoms with Crippen LogP contribution in [0.15, 0.2) is 42.5 Å². The summed E-state index contributed by atoms with van der Waals surface area (Å²) >= 11 is 0. The van der Waals surface area contributed by atoms with Crippen LogP contribution >= 0.6 is 0 Å². The quantitative estimate of drug-likeness (QED) is 0.747. The van der Waals surface area contributed by atoms with E-state index in [1.807, 2.05) is 0 Å². The van der Waals surface area contributed by atoms with Crippen LogP contribution < -0.4 is 15.0 Å². The molecule has 2 amide bonds. The second-order valence-corrected chi connectivity index (χ2v) is 5.58. The lowest BCUT2D eigenvalue weighted by Gasteiger charge is -2.10. The van der Waals surface area contributed by atoms with E-state index in [9.17, 15) is 9.59 Å². The summed E-state index contributed by atoms with van der Waals surface area (Å²) in [5.41, 5.74) is 2.12. The number of imidazole rings is 1. The van der Waals surface area contributed by atoms with E-state index in [0.29, 0.717) is 28.7 Å². The largest absolute Gasteiger partial charge is 0.457 e. The first-order valence-corrected chi connectivity index (χ1v) is 7.83. The first-order valence-electron chi connectivity index (χ1n) is 7.83. The third-order valence-electron chi connectivity index (χ3n) is 3.62. The van der Waals surface area contributed by atoms with Gasteiger partial charge in [0, 0.05) is 25.7 Å². The van der Waals surface area contributed by atoms with Gasteiger partial charge in [-0.1, -0.05) is 0 Å². The summed E-state index contributed by atoms with van der Waals surface area (Å²) in [6, 6.07) is 12.4. The first-order chi connectivity index (χ1) is 12.5. The van der Waals surface area contributed by atoms with Gasteiger partial charge in [-0.3, -0.25) is 9.69 Å². The minimum atomic E-state index is -0.514. The van der Waals surface area contributed by atoms with Crippen LogP contribution in [0.2, 0.25) is 0 Å². The lowest BCUT2D eigenvalue weighted by molar-refractivity contribution is -0.114. The molecule has 0 saturated carbocycles. The Hall–Kier alpha value is -3.55. The zero-order valence-electron chi connectivity index (χ0n) is 14.6. The van der Waals surface area contributed by atoms with Gasteiger partial charge in [-0.25, -0.2) is 9.78 Å². The molecular weight excluding hydrogens is 336 g/mol. The van der Waals surface area contributed by atoms with E-state index in [1.54, 1.807) is 49.5 Å². The number of anilines is 2. The molecule has 8 heteroatoms. The fourth-order valence-electron chi connectivity index (χ4n) is 2.37. The fraction of sp³-hybridized carbons (Fsp3) is 0.167. The highest BCUT2D eigenvalue weighted by Gasteiger charge is 2.15. The van der Waals surface area contributed by atoms with E-state index < -0.39 is 6.09 Å². The van der Waals surface area contributed by atoms with Gasteiger partial charge in [0.25, 0.3) is 0 Å². The molecule has 0 saturated heterocycles. The van der Waals surface area contributed by atoms with E-state index in [2.05, 4.69) is 20.0 Å². The summed E-state index contributed by atoms with van der Waals surface area (Å²) in [4.78, 5) is 31.3. The van der Waals surface area contributed by atoms with Crippen LogP contribution in [0.4, 0.5) is 16.4 Å². The number of carbonyl (C=O) groups excluding carboxylic acids is 2. The maximum Gasteiger partial charge on any atom is 0.416 e. The first kappa shape index (κ1) is 17.3. The molecule has 0 bridgehead atoms. The highest BCUT2D eigenvalue weighted by atomic mass is 16.5. The molecule has 134 valence electrons. The monoisotopic (exact) mass is 354 g/mol. The molecule has 0 aliphatic carbocycles. The molecule has 1 aromatic heterocycles. The number of nitrogens with one attached hydrogen (secondary N) is 2. The van der Waals surface area contributed by atoms with Crippen LogP contribution in [0.25, 0.3) is 11.0 Å². The van der Waals surface area contributed by atoms with Gasteiger partial charge in [-0.05, 0) is 36.4 Å². The summed E-state index contributed by atoms with van der Waals surface area (Å²) in [6.45, 7) is 1.45. The molecule has 0 atom stereocenters. The second-order valence-electron chi connectivity index (χ2n) is 5.58. The second kappa shape index (κ2) is 7.14. The number of nitrogens with zero attached hydrogens (tertiary/aromatic N) is 2. The number of carbonyl (C=O) groups is 2. The zero-order chi connectivity index (χ0) is 18.7.